The lowest BCUT2D eigenvalue weighted by Crippen LogP contribution is -1.86. The highest BCUT2D eigenvalue weighted by Gasteiger charge is 1.97. The molecular weight excluding hydrogens is 227 g/mol. The molecule has 0 spiro atoms. The number of carbonyl (C=O) groups is 2. The monoisotopic (exact) mass is 236 g/mol. The molecule has 0 atom stereocenters. The molecule has 0 radical (unpaired) electrons. The standard InChI is InChI=1S/C12H9FO2S/c1-9(15)16-4-2-3-10-5-11(8-14)7-12(13)6-10/h5-8H,4H2,1H3. The number of carbonyl (C=O) groups excluding carboxylic acids is 2. The van der Waals surface area contributed by atoms with Crippen molar-refractivity contribution in [3.63, 3.8) is 0 Å². The minimum Gasteiger partial charge on any atom is -0.298 e. The molecule has 0 N–H and O–H groups in total. The van der Waals surface area contributed by atoms with E-state index in [1.165, 1.54) is 19.1 Å². The molecule has 0 saturated heterocycles. The molecule has 1 aromatic rings. The average Bonchev–Trinajstić information content (AvgIpc) is 2.23. The quantitative estimate of drug-likeness (QED) is 0.583. The average molecular weight is 236 g/mol. The van der Waals surface area contributed by atoms with Crippen molar-refractivity contribution in [2.45, 2.75) is 6.92 Å². The second kappa shape index (κ2) is 6.09. The van der Waals surface area contributed by atoms with E-state index in [2.05, 4.69) is 11.8 Å². The molecule has 2 nitrogen and oxygen atoms in total. The fourth-order valence-electron chi connectivity index (χ4n) is 1.03. The maximum Gasteiger partial charge on any atom is 0.186 e. The Hall–Kier alpha value is -1.60. The van der Waals surface area contributed by atoms with Crippen molar-refractivity contribution in [3.8, 4) is 11.8 Å². The van der Waals surface area contributed by atoms with Crippen molar-refractivity contribution in [2.24, 2.45) is 0 Å². The molecule has 0 aromatic heterocycles. The Morgan fingerprint density at radius 3 is 2.88 bits per heavy atom. The smallest absolute Gasteiger partial charge is 0.186 e. The minimum atomic E-state index is -0.492. The van der Waals surface area contributed by atoms with Gasteiger partial charge in [-0.2, -0.15) is 0 Å². The fraction of sp³-hybridized carbons (Fsp3) is 0.167. The Morgan fingerprint density at radius 2 is 2.25 bits per heavy atom. The lowest BCUT2D eigenvalue weighted by Gasteiger charge is -1.94. The van der Waals surface area contributed by atoms with Gasteiger partial charge >= 0.3 is 0 Å². The predicted molar refractivity (Wildman–Crippen MR) is 61.8 cm³/mol. The predicted octanol–water partition coefficient (Wildman–Crippen LogP) is 2.27. The van der Waals surface area contributed by atoms with Crippen LogP contribution in [0.4, 0.5) is 4.39 Å². The third kappa shape index (κ3) is 4.28. The zero-order valence-corrected chi connectivity index (χ0v) is 9.44. The van der Waals surface area contributed by atoms with E-state index in [-0.39, 0.29) is 10.7 Å². The molecule has 0 saturated carbocycles. The Bertz CT molecular complexity index is 472. The van der Waals surface area contributed by atoms with Gasteiger partial charge in [0.1, 0.15) is 12.1 Å². The van der Waals surface area contributed by atoms with Crippen molar-refractivity contribution in [1.82, 2.24) is 0 Å². The summed E-state index contributed by atoms with van der Waals surface area (Å²) < 4.78 is 13.0. The zero-order chi connectivity index (χ0) is 12.0. The summed E-state index contributed by atoms with van der Waals surface area (Å²) in [6.07, 6.45) is 0.568. The molecule has 0 heterocycles. The molecule has 1 rings (SSSR count). The van der Waals surface area contributed by atoms with Crippen LogP contribution >= 0.6 is 11.8 Å². The van der Waals surface area contributed by atoms with Crippen LogP contribution in [0.2, 0.25) is 0 Å². The van der Waals surface area contributed by atoms with E-state index in [0.717, 1.165) is 17.8 Å². The van der Waals surface area contributed by atoms with Crippen LogP contribution in [0.15, 0.2) is 18.2 Å². The summed E-state index contributed by atoms with van der Waals surface area (Å²) in [5.74, 6) is 5.29. The van der Waals surface area contributed by atoms with Gasteiger partial charge in [-0.3, -0.25) is 9.59 Å². The van der Waals surface area contributed by atoms with E-state index in [1.807, 2.05) is 0 Å². The van der Waals surface area contributed by atoms with Crippen molar-refractivity contribution in [3.05, 3.63) is 35.1 Å². The third-order valence-electron chi connectivity index (χ3n) is 1.64. The van der Waals surface area contributed by atoms with Crippen LogP contribution in [-0.2, 0) is 4.79 Å². The first-order valence-corrected chi connectivity index (χ1v) is 5.48. The van der Waals surface area contributed by atoms with Gasteiger partial charge in [-0.1, -0.05) is 23.6 Å². The van der Waals surface area contributed by atoms with Crippen molar-refractivity contribution in [2.75, 3.05) is 5.75 Å². The van der Waals surface area contributed by atoms with Gasteiger partial charge in [-0.15, -0.1) is 0 Å². The van der Waals surface area contributed by atoms with Gasteiger partial charge in [0.15, 0.2) is 5.12 Å². The van der Waals surface area contributed by atoms with Gasteiger partial charge in [-0.25, -0.2) is 4.39 Å². The zero-order valence-electron chi connectivity index (χ0n) is 8.62. The van der Waals surface area contributed by atoms with E-state index in [4.69, 9.17) is 0 Å². The first-order valence-electron chi connectivity index (χ1n) is 4.50. The summed E-state index contributed by atoms with van der Waals surface area (Å²) in [7, 11) is 0. The largest absolute Gasteiger partial charge is 0.298 e. The SMILES string of the molecule is CC(=O)SCC#Cc1cc(F)cc(C=O)c1. The number of aldehydes is 1. The van der Waals surface area contributed by atoms with Crippen LogP contribution in [0.3, 0.4) is 0 Å². The molecule has 1 aromatic carbocycles. The summed E-state index contributed by atoms with van der Waals surface area (Å²) in [5.41, 5.74) is 0.690. The summed E-state index contributed by atoms with van der Waals surface area (Å²) >= 11 is 1.09. The van der Waals surface area contributed by atoms with E-state index < -0.39 is 5.82 Å². The van der Waals surface area contributed by atoms with Crippen LogP contribution in [0.1, 0.15) is 22.8 Å². The van der Waals surface area contributed by atoms with E-state index in [1.54, 1.807) is 0 Å². The van der Waals surface area contributed by atoms with Crippen molar-refractivity contribution >= 4 is 23.2 Å². The van der Waals surface area contributed by atoms with Crippen LogP contribution < -0.4 is 0 Å². The van der Waals surface area contributed by atoms with Gasteiger partial charge < -0.3 is 0 Å². The third-order valence-corrected chi connectivity index (χ3v) is 2.33. The van der Waals surface area contributed by atoms with E-state index in [9.17, 15) is 14.0 Å². The molecule has 0 bridgehead atoms. The van der Waals surface area contributed by atoms with Crippen LogP contribution in [0, 0.1) is 17.7 Å². The molecule has 0 unspecified atom stereocenters. The highest BCUT2D eigenvalue weighted by Crippen LogP contribution is 2.06. The number of rotatable bonds is 2. The first kappa shape index (κ1) is 12.5. The summed E-state index contributed by atoms with van der Waals surface area (Å²) in [6.45, 7) is 1.46. The van der Waals surface area contributed by atoms with Crippen molar-refractivity contribution < 1.29 is 14.0 Å². The van der Waals surface area contributed by atoms with Gasteiger partial charge in [0, 0.05) is 18.1 Å². The molecule has 0 aliphatic rings. The minimum absolute atomic E-state index is 0.0119. The number of thioether (sulfide) groups is 1. The summed E-state index contributed by atoms with van der Waals surface area (Å²) in [6, 6.07) is 3.89. The topological polar surface area (TPSA) is 34.1 Å². The molecule has 0 amide bonds. The maximum absolute atomic E-state index is 13.0. The van der Waals surface area contributed by atoms with Gasteiger partial charge in [-0.05, 0) is 18.2 Å². The molecule has 82 valence electrons. The second-order valence-corrected chi connectivity index (χ2v) is 4.13. The van der Waals surface area contributed by atoms with E-state index in [0.29, 0.717) is 17.6 Å². The normalized spacial score (nSPS) is 9.12. The van der Waals surface area contributed by atoms with Gasteiger partial charge in [0.05, 0.1) is 5.75 Å². The lowest BCUT2D eigenvalue weighted by atomic mass is 10.1. The van der Waals surface area contributed by atoms with Gasteiger partial charge in [0.25, 0.3) is 0 Å². The van der Waals surface area contributed by atoms with Gasteiger partial charge in [0.2, 0.25) is 0 Å². The molecular formula is C12H9FO2S. The van der Waals surface area contributed by atoms with Crippen LogP contribution in [0.5, 0.6) is 0 Å². The Balaban J connectivity index is 2.76. The van der Waals surface area contributed by atoms with Crippen LogP contribution in [-0.4, -0.2) is 17.2 Å². The molecule has 0 fully saturated rings. The highest BCUT2D eigenvalue weighted by molar-refractivity contribution is 8.13. The summed E-state index contributed by atoms with van der Waals surface area (Å²) in [5, 5.41) is -0.0119. The number of hydrogen-bond acceptors (Lipinski definition) is 3. The number of benzene rings is 1. The number of hydrogen-bond donors (Lipinski definition) is 0. The molecule has 4 heteroatoms. The maximum atomic E-state index is 13.0. The molecule has 16 heavy (non-hydrogen) atoms. The van der Waals surface area contributed by atoms with Crippen LogP contribution in [0.25, 0.3) is 0 Å². The Morgan fingerprint density at radius 1 is 1.50 bits per heavy atom. The first-order chi connectivity index (χ1) is 7.61. The molecule has 0 aliphatic heterocycles. The lowest BCUT2D eigenvalue weighted by molar-refractivity contribution is -0.109. The summed E-state index contributed by atoms with van der Waals surface area (Å²) in [4.78, 5) is 21.1. The number of halogens is 1. The van der Waals surface area contributed by atoms with Crippen molar-refractivity contribution in [1.29, 1.82) is 0 Å². The Kier molecular flexibility index (Phi) is 4.74. The Labute approximate surface area is 97.2 Å². The van der Waals surface area contributed by atoms with E-state index >= 15 is 0 Å². The molecule has 0 aliphatic carbocycles. The second-order valence-electron chi connectivity index (χ2n) is 2.97. The fourth-order valence-corrected chi connectivity index (χ4v) is 1.38. The highest BCUT2D eigenvalue weighted by atomic mass is 32.2.